The van der Waals surface area contributed by atoms with Crippen molar-refractivity contribution in [2.75, 3.05) is 0 Å². The van der Waals surface area contributed by atoms with Gasteiger partial charge in [-0.3, -0.25) is 4.98 Å². The van der Waals surface area contributed by atoms with Gasteiger partial charge in [0.1, 0.15) is 0 Å². The third kappa shape index (κ3) is 5.14. The minimum Gasteiger partial charge on any atom is -0.255 e. The highest BCUT2D eigenvalue weighted by Crippen LogP contribution is 2.44. The molecule has 0 bridgehead atoms. The molecule has 0 saturated heterocycles. The number of hydrogen-bond donors (Lipinski definition) is 0. The van der Waals surface area contributed by atoms with E-state index in [1.165, 1.54) is 36.5 Å². The summed E-state index contributed by atoms with van der Waals surface area (Å²) >= 11 is 1.81. The Bertz CT molecular complexity index is 2920. The predicted molar refractivity (Wildman–Crippen MR) is 213 cm³/mol. The SMILES string of the molecule is c1ccc(-c2cccc(-c3nc(-c4ccccc4)nc(-c4cc(-c5cccc6ccc7c8ncccc8sc7c56)c5ccccc5c4)n3)c2)cc1. The van der Waals surface area contributed by atoms with Gasteiger partial charge in [0.15, 0.2) is 17.5 Å². The lowest BCUT2D eigenvalue weighted by atomic mass is 9.91. The van der Waals surface area contributed by atoms with Crippen molar-refractivity contribution in [3.63, 3.8) is 0 Å². The molecule has 0 aliphatic rings. The van der Waals surface area contributed by atoms with Crippen molar-refractivity contribution < 1.29 is 0 Å². The molecule has 0 N–H and O–H groups in total. The molecular weight excluding hydrogens is 641 g/mol. The molecule has 0 spiro atoms. The number of aromatic nitrogens is 4. The van der Waals surface area contributed by atoms with Gasteiger partial charge in [-0.2, -0.15) is 0 Å². The van der Waals surface area contributed by atoms with E-state index in [0.717, 1.165) is 44.3 Å². The van der Waals surface area contributed by atoms with Crippen molar-refractivity contribution in [3.05, 3.63) is 170 Å². The maximum Gasteiger partial charge on any atom is 0.164 e. The van der Waals surface area contributed by atoms with Crippen LogP contribution in [0.2, 0.25) is 0 Å². The fourth-order valence-corrected chi connectivity index (χ4v) is 8.36. The molecule has 3 aromatic heterocycles. The van der Waals surface area contributed by atoms with E-state index in [4.69, 9.17) is 19.9 Å². The first-order valence-electron chi connectivity index (χ1n) is 17.0. The summed E-state index contributed by atoms with van der Waals surface area (Å²) in [6.07, 6.45) is 1.88. The van der Waals surface area contributed by atoms with Crippen molar-refractivity contribution >= 4 is 53.2 Å². The van der Waals surface area contributed by atoms with E-state index in [1.807, 2.05) is 47.9 Å². The van der Waals surface area contributed by atoms with Crippen molar-refractivity contribution in [1.82, 2.24) is 19.9 Å². The standard InChI is InChI=1S/C46H28N4S/c1-3-12-29(13-4-1)32-18-9-19-34(26-32)45-48-44(31-14-5-2-6-15-31)49-46(50-45)35-27-33-16-7-8-20-36(33)39(28-35)37-21-10-17-30-23-24-38-42-40(22-11-25-47-42)51-43(38)41(30)37/h1-28H. The van der Waals surface area contributed by atoms with Crippen LogP contribution in [0.5, 0.6) is 0 Å². The van der Waals surface area contributed by atoms with Crippen molar-refractivity contribution in [1.29, 1.82) is 0 Å². The summed E-state index contributed by atoms with van der Waals surface area (Å²) in [4.78, 5) is 20.1. The molecule has 0 atom stereocenters. The van der Waals surface area contributed by atoms with Gasteiger partial charge in [0, 0.05) is 38.4 Å². The van der Waals surface area contributed by atoms with Crippen LogP contribution in [-0.2, 0) is 0 Å². The molecule has 7 aromatic carbocycles. The van der Waals surface area contributed by atoms with E-state index in [2.05, 4.69) is 133 Å². The Labute approximate surface area is 298 Å². The minimum atomic E-state index is 0.632. The number of benzene rings is 7. The summed E-state index contributed by atoms with van der Waals surface area (Å²) < 4.78 is 2.44. The summed E-state index contributed by atoms with van der Waals surface area (Å²) in [5, 5.41) is 5.93. The van der Waals surface area contributed by atoms with Crippen molar-refractivity contribution in [2.24, 2.45) is 0 Å². The highest BCUT2D eigenvalue weighted by Gasteiger charge is 2.18. The molecule has 5 heteroatoms. The third-order valence-electron chi connectivity index (χ3n) is 9.54. The van der Waals surface area contributed by atoms with Crippen LogP contribution in [0, 0.1) is 0 Å². The molecule has 0 amide bonds. The van der Waals surface area contributed by atoms with E-state index in [-0.39, 0.29) is 0 Å². The molecule has 0 aliphatic heterocycles. The molecule has 0 radical (unpaired) electrons. The molecule has 10 rings (SSSR count). The van der Waals surface area contributed by atoms with Gasteiger partial charge in [-0.05, 0) is 68.7 Å². The number of pyridine rings is 1. The Morgan fingerprint density at radius 3 is 1.90 bits per heavy atom. The van der Waals surface area contributed by atoms with E-state index < -0.39 is 0 Å². The molecule has 10 aromatic rings. The van der Waals surface area contributed by atoms with E-state index in [9.17, 15) is 0 Å². The Hall–Kier alpha value is -6.56. The quantitative estimate of drug-likeness (QED) is 0.183. The predicted octanol–water partition coefficient (Wildman–Crippen LogP) is 12.3. The lowest BCUT2D eigenvalue weighted by Gasteiger charge is -2.14. The summed E-state index contributed by atoms with van der Waals surface area (Å²) in [7, 11) is 0. The summed E-state index contributed by atoms with van der Waals surface area (Å²) in [6.45, 7) is 0. The molecule has 0 saturated carbocycles. The molecule has 238 valence electrons. The molecule has 0 unspecified atom stereocenters. The lowest BCUT2D eigenvalue weighted by Crippen LogP contribution is -2.00. The van der Waals surface area contributed by atoms with E-state index in [1.54, 1.807) is 0 Å². The lowest BCUT2D eigenvalue weighted by molar-refractivity contribution is 1.07. The van der Waals surface area contributed by atoms with Crippen LogP contribution in [0.3, 0.4) is 0 Å². The fourth-order valence-electron chi connectivity index (χ4n) is 7.13. The normalized spacial score (nSPS) is 11.5. The minimum absolute atomic E-state index is 0.632. The topological polar surface area (TPSA) is 51.6 Å². The Morgan fingerprint density at radius 1 is 0.392 bits per heavy atom. The summed E-state index contributed by atoms with van der Waals surface area (Å²) in [5.41, 5.74) is 8.45. The molecular formula is C46H28N4S. The average Bonchev–Trinajstić information content (AvgIpc) is 3.60. The molecule has 3 heterocycles. The first-order chi connectivity index (χ1) is 25.3. The van der Waals surface area contributed by atoms with Crippen molar-refractivity contribution in [3.8, 4) is 56.4 Å². The zero-order valence-corrected chi connectivity index (χ0v) is 28.2. The zero-order valence-electron chi connectivity index (χ0n) is 27.4. The first-order valence-corrected chi connectivity index (χ1v) is 17.8. The monoisotopic (exact) mass is 668 g/mol. The van der Waals surface area contributed by atoms with Gasteiger partial charge >= 0.3 is 0 Å². The van der Waals surface area contributed by atoms with Crippen molar-refractivity contribution in [2.45, 2.75) is 0 Å². The van der Waals surface area contributed by atoms with Crippen LogP contribution in [0.1, 0.15) is 0 Å². The summed E-state index contributed by atoms with van der Waals surface area (Å²) in [6, 6.07) is 57.3. The highest BCUT2D eigenvalue weighted by molar-refractivity contribution is 7.26. The van der Waals surface area contributed by atoms with Crippen LogP contribution in [0.25, 0.3) is 98.3 Å². The second-order valence-corrected chi connectivity index (χ2v) is 13.7. The second-order valence-electron chi connectivity index (χ2n) is 12.7. The molecule has 0 fully saturated rings. The van der Waals surface area contributed by atoms with Gasteiger partial charge in [0.25, 0.3) is 0 Å². The number of nitrogens with zero attached hydrogens (tertiary/aromatic N) is 4. The molecule has 0 aliphatic carbocycles. The van der Waals surface area contributed by atoms with Gasteiger partial charge in [-0.25, -0.2) is 15.0 Å². The van der Waals surface area contributed by atoms with Gasteiger partial charge in [0.2, 0.25) is 0 Å². The Kier molecular flexibility index (Phi) is 6.96. The van der Waals surface area contributed by atoms with E-state index in [0.29, 0.717) is 17.5 Å². The highest BCUT2D eigenvalue weighted by atomic mass is 32.1. The molecule has 4 nitrogen and oxygen atoms in total. The van der Waals surface area contributed by atoms with Gasteiger partial charge < -0.3 is 0 Å². The van der Waals surface area contributed by atoms with Gasteiger partial charge in [-0.1, -0.05) is 133 Å². The van der Waals surface area contributed by atoms with Crippen LogP contribution >= 0.6 is 11.3 Å². The van der Waals surface area contributed by atoms with Crippen LogP contribution in [0.4, 0.5) is 0 Å². The first kappa shape index (κ1) is 29.4. The molecule has 51 heavy (non-hydrogen) atoms. The maximum absolute atomic E-state index is 5.19. The average molecular weight is 669 g/mol. The number of thiophene rings is 1. The smallest absolute Gasteiger partial charge is 0.164 e. The number of fused-ring (bicyclic) bond motifs is 6. The maximum atomic E-state index is 5.19. The van der Waals surface area contributed by atoms with Gasteiger partial charge in [-0.15, -0.1) is 11.3 Å². The van der Waals surface area contributed by atoms with Gasteiger partial charge in [0.05, 0.1) is 10.2 Å². The van der Waals surface area contributed by atoms with E-state index >= 15 is 0 Å². The Morgan fingerprint density at radius 2 is 1.06 bits per heavy atom. The zero-order chi connectivity index (χ0) is 33.7. The fraction of sp³-hybridized carbons (Fsp3) is 0. The second kappa shape index (κ2) is 12.1. The third-order valence-corrected chi connectivity index (χ3v) is 10.7. The van der Waals surface area contributed by atoms with Crippen LogP contribution in [0.15, 0.2) is 170 Å². The summed E-state index contributed by atoms with van der Waals surface area (Å²) in [5.74, 6) is 1.91. The van der Waals surface area contributed by atoms with Crippen LogP contribution < -0.4 is 0 Å². The largest absolute Gasteiger partial charge is 0.255 e. The number of rotatable bonds is 5. The number of hydrogen-bond acceptors (Lipinski definition) is 5. The Balaban J connectivity index is 1.22. The van der Waals surface area contributed by atoms with Crippen LogP contribution in [-0.4, -0.2) is 19.9 Å².